The van der Waals surface area contributed by atoms with E-state index in [4.69, 9.17) is 5.11 Å². The van der Waals surface area contributed by atoms with Crippen molar-refractivity contribution in [2.75, 3.05) is 12.4 Å². The van der Waals surface area contributed by atoms with Gasteiger partial charge < -0.3 is 5.11 Å². The van der Waals surface area contributed by atoms with Crippen LogP contribution in [-0.4, -0.2) is 39.0 Å². The van der Waals surface area contributed by atoms with Crippen molar-refractivity contribution in [1.29, 1.82) is 0 Å². The third-order valence-corrected chi connectivity index (χ3v) is 8.11. The van der Waals surface area contributed by atoms with Gasteiger partial charge in [-0.05, 0) is 32.1 Å². The topological polar surface area (TPSA) is 37.3 Å². The van der Waals surface area contributed by atoms with Crippen LogP contribution in [0.4, 0.5) is 0 Å². The quantitative estimate of drug-likeness (QED) is 0.869. The van der Waals surface area contributed by atoms with Gasteiger partial charge in [-0.1, -0.05) is 12.8 Å². The third-order valence-electron chi connectivity index (χ3n) is 4.97. The fourth-order valence-electron chi connectivity index (χ4n) is 4.02. The average Bonchev–Trinajstić information content (AvgIpc) is 2.46. The monoisotopic (exact) mass is 300 g/mol. The van der Waals surface area contributed by atoms with Crippen molar-refractivity contribution in [1.82, 2.24) is 0 Å². The van der Waals surface area contributed by atoms with Gasteiger partial charge in [-0.15, -0.1) is 0 Å². The van der Waals surface area contributed by atoms with E-state index in [-0.39, 0.29) is 6.61 Å². The number of fused-ring (bicyclic) bond motifs is 2. The van der Waals surface area contributed by atoms with Gasteiger partial charge in [-0.2, -0.15) is 23.5 Å². The first-order valence-electron chi connectivity index (χ1n) is 7.71. The molecule has 0 radical (unpaired) electrons. The number of carbonyl (C=O) groups excluding carboxylic acids is 1. The molecule has 0 amide bonds. The van der Waals surface area contributed by atoms with Gasteiger partial charge in [0.2, 0.25) is 0 Å². The summed E-state index contributed by atoms with van der Waals surface area (Å²) in [5, 5.41) is 10.8. The number of carbonyl (C=O) groups is 1. The number of hydrogen-bond acceptors (Lipinski definition) is 4. The molecule has 108 valence electrons. The van der Waals surface area contributed by atoms with Crippen LogP contribution < -0.4 is 0 Å². The molecule has 0 aromatic heterocycles. The third kappa shape index (κ3) is 3.01. The van der Waals surface area contributed by atoms with E-state index < -0.39 is 0 Å². The Morgan fingerprint density at radius 2 is 1.89 bits per heavy atom. The Balaban J connectivity index is 1.64. The zero-order chi connectivity index (χ0) is 13.2. The molecule has 5 atom stereocenters. The molecule has 3 aliphatic rings. The molecule has 2 aliphatic carbocycles. The average molecular weight is 300 g/mol. The molecule has 1 saturated heterocycles. The molecule has 5 unspecified atom stereocenters. The highest BCUT2D eigenvalue weighted by Crippen LogP contribution is 2.50. The van der Waals surface area contributed by atoms with Crippen LogP contribution >= 0.6 is 23.5 Å². The smallest absolute Gasteiger partial charge is 0.141 e. The van der Waals surface area contributed by atoms with E-state index in [9.17, 15) is 4.79 Å². The first-order valence-corrected chi connectivity index (χ1v) is 9.70. The van der Waals surface area contributed by atoms with Crippen LogP contribution in [0.1, 0.15) is 44.9 Å². The van der Waals surface area contributed by atoms with E-state index in [0.717, 1.165) is 18.6 Å². The lowest BCUT2D eigenvalue weighted by molar-refractivity contribution is -0.128. The number of hydrogen-bond donors (Lipinski definition) is 1. The number of Topliss-reactive ketones (excluding diaryl/α,β-unsaturated/α-hetero) is 1. The van der Waals surface area contributed by atoms with Gasteiger partial charge in [-0.25, -0.2) is 0 Å². The normalized spacial score (nSPS) is 42.6. The largest absolute Gasteiger partial charge is 0.396 e. The van der Waals surface area contributed by atoms with Crippen molar-refractivity contribution in [3.05, 3.63) is 0 Å². The summed E-state index contributed by atoms with van der Waals surface area (Å²) in [5.74, 6) is 2.13. The second kappa shape index (κ2) is 6.40. The van der Waals surface area contributed by atoms with Crippen molar-refractivity contribution in [2.45, 2.75) is 60.7 Å². The van der Waals surface area contributed by atoms with Gasteiger partial charge in [0.15, 0.2) is 0 Å². The summed E-state index contributed by atoms with van der Waals surface area (Å²) in [7, 11) is 0. The molecule has 3 rings (SSSR count). The second-order valence-corrected chi connectivity index (χ2v) is 9.03. The molecule has 1 aliphatic heterocycles. The number of rotatable bonds is 3. The van der Waals surface area contributed by atoms with Crippen molar-refractivity contribution in [3.63, 3.8) is 0 Å². The van der Waals surface area contributed by atoms with Crippen LogP contribution in [0.5, 0.6) is 0 Å². The van der Waals surface area contributed by atoms with Crippen LogP contribution in [0.3, 0.4) is 0 Å². The molecule has 0 aromatic carbocycles. The maximum absolute atomic E-state index is 12.7. The molecule has 1 heterocycles. The molecule has 0 bridgehead atoms. The Kier molecular flexibility index (Phi) is 4.81. The van der Waals surface area contributed by atoms with Gasteiger partial charge in [0, 0.05) is 33.3 Å². The molecule has 19 heavy (non-hydrogen) atoms. The summed E-state index contributed by atoms with van der Waals surface area (Å²) in [5.41, 5.74) is 0. The molecule has 2 saturated carbocycles. The van der Waals surface area contributed by atoms with Crippen LogP contribution in [0.2, 0.25) is 0 Å². The highest BCUT2D eigenvalue weighted by molar-refractivity contribution is 8.00. The molecule has 3 fully saturated rings. The zero-order valence-corrected chi connectivity index (χ0v) is 13.1. The van der Waals surface area contributed by atoms with E-state index in [2.05, 4.69) is 11.8 Å². The highest BCUT2D eigenvalue weighted by atomic mass is 32.2. The molecule has 0 aromatic rings. The number of ketones is 1. The van der Waals surface area contributed by atoms with Crippen LogP contribution in [-0.2, 0) is 4.79 Å². The Labute approximate surface area is 124 Å². The summed E-state index contributed by atoms with van der Waals surface area (Å²) in [6.07, 6.45) is 8.53. The fraction of sp³-hybridized carbons (Fsp3) is 0.933. The lowest BCUT2D eigenvalue weighted by Crippen LogP contribution is -2.47. The van der Waals surface area contributed by atoms with Crippen molar-refractivity contribution in [3.8, 4) is 0 Å². The van der Waals surface area contributed by atoms with Crippen molar-refractivity contribution in [2.24, 2.45) is 11.8 Å². The number of aliphatic hydroxyl groups is 1. The highest BCUT2D eigenvalue weighted by Gasteiger charge is 2.47. The Bertz CT molecular complexity index is 334. The first kappa shape index (κ1) is 14.3. The van der Waals surface area contributed by atoms with Crippen molar-refractivity contribution < 1.29 is 9.90 Å². The lowest BCUT2D eigenvalue weighted by Gasteiger charge is -2.45. The predicted octanol–water partition coefficient (Wildman–Crippen LogP) is 3.12. The fourth-order valence-corrected chi connectivity index (χ4v) is 7.03. The van der Waals surface area contributed by atoms with Gasteiger partial charge in [0.25, 0.3) is 0 Å². The molecule has 2 nitrogen and oxygen atoms in total. The van der Waals surface area contributed by atoms with E-state index in [0.29, 0.717) is 33.4 Å². The Morgan fingerprint density at radius 3 is 2.74 bits per heavy atom. The number of thioether (sulfide) groups is 2. The first-order chi connectivity index (χ1) is 9.29. The van der Waals surface area contributed by atoms with Crippen molar-refractivity contribution >= 4 is 29.3 Å². The lowest BCUT2D eigenvalue weighted by atomic mass is 9.75. The minimum Gasteiger partial charge on any atom is -0.396 e. The van der Waals surface area contributed by atoms with Gasteiger partial charge >= 0.3 is 0 Å². The Hall–Kier alpha value is 0.330. The predicted molar refractivity (Wildman–Crippen MR) is 82.8 cm³/mol. The van der Waals surface area contributed by atoms with Gasteiger partial charge in [0.05, 0.1) is 6.61 Å². The summed E-state index contributed by atoms with van der Waals surface area (Å²) >= 11 is 4.02. The molecular weight excluding hydrogens is 276 g/mol. The molecular formula is C15H24O2S2. The molecule has 4 heteroatoms. The van der Waals surface area contributed by atoms with Crippen LogP contribution in [0.15, 0.2) is 0 Å². The van der Waals surface area contributed by atoms with Crippen LogP contribution in [0.25, 0.3) is 0 Å². The molecule has 0 spiro atoms. The van der Waals surface area contributed by atoms with E-state index in [1.54, 1.807) is 0 Å². The number of aliphatic hydroxyl groups excluding tert-OH is 1. The van der Waals surface area contributed by atoms with Gasteiger partial charge in [-0.3, -0.25) is 4.79 Å². The minimum atomic E-state index is 0.267. The Morgan fingerprint density at radius 1 is 1.11 bits per heavy atom. The van der Waals surface area contributed by atoms with E-state index >= 15 is 0 Å². The SMILES string of the molecule is O=C1C2CCCCC2SC2CCC(SCCO)CC12. The molecule has 1 N–H and O–H groups in total. The summed E-state index contributed by atoms with van der Waals surface area (Å²) < 4.78 is 0. The minimum absolute atomic E-state index is 0.267. The standard InChI is InChI=1S/C15H24O2S2/c16-7-8-18-10-5-6-14-12(9-10)15(17)11-3-1-2-4-13(11)19-14/h10-14,16H,1-9H2. The maximum Gasteiger partial charge on any atom is 0.141 e. The summed E-state index contributed by atoms with van der Waals surface area (Å²) in [4.78, 5) is 12.7. The maximum atomic E-state index is 12.7. The van der Waals surface area contributed by atoms with Gasteiger partial charge in [0.1, 0.15) is 5.78 Å². The second-order valence-electron chi connectivity index (χ2n) is 6.14. The zero-order valence-electron chi connectivity index (χ0n) is 11.4. The summed E-state index contributed by atoms with van der Waals surface area (Å²) in [6, 6.07) is 0. The van der Waals surface area contributed by atoms with E-state index in [1.807, 2.05) is 11.8 Å². The summed E-state index contributed by atoms with van der Waals surface area (Å²) in [6.45, 7) is 0.267. The van der Waals surface area contributed by atoms with E-state index in [1.165, 1.54) is 32.1 Å². The van der Waals surface area contributed by atoms with Crippen LogP contribution in [0, 0.1) is 11.8 Å².